The molecule has 1 rings (SSSR count). The number of nitrogens with zero attached hydrogens (tertiary/aromatic N) is 1. The van der Waals surface area contributed by atoms with Gasteiger partial charge in [0, 0.05) is 13.1 Å². The lowest BCUT2D eigenvalue weighted by Gasteiger charge is -2.27. The minimum absolute atomic E-state index is 0.0132. The van der Waals surface area contributed by atoms with Gasteiger partial charge in [-0.3, -0.25) is 4.79 Å². The second-order valence-corrected chi connectivity index (χ2v) is 5.26. The van der Waals surface area contributed by atoms with Crippen LogP contribution in [0.4, 0.5) is 0 Å². The molecule has 1 atom stereocenters. The fourth-order valence-corrected chi connectivity index (χ4v) is 1.99. The smallest absolute Gasteiger partial charge is 0.323 e. The Hall–Kier alpha value is -0.320. The van der Waals surface area contributed by atoms with Crippen LogP contribution in [0.3, 0.4) is 0 Å². The molecule has 0 aromatic rings. The lowest BCUT2D eigenvalue weighted by atomic mass is 10.0. The van der Waals surface area contributed by atoms with E-state index in [0.717, 1.165) is 25.9 Å². The Balaban J connectivity index is 2.28. The summed E-state index contributed by atoms with van der Waals surface area (Å²) < 4.78 is 7.07. The molecule has 1 heterocycles. The van der Waals surface area contributed by atoms with Gasteiger partial charge >= 0.3 is 5.97 Å². The minimum atomic E-state index is -0.492. The number of hydrogen-bond donors (Lipinski definition) is 1. The van der Waals surface area contributed by atoms with Crippen molar-refractivity contribution in [1.82, 2.24) is 4.42 Å². The van der Waals surface area contributed by atoms with E-state index in [1.165, 1.54) is 0 Å². The van der Waals surface area contributed by atoms with E-state index in [1.54, 1.807) is 4.42 Å². The van der Waals surface area contributed by atoms with Crippen molar-refractivity contribution in [2.24, 2.45) is 11.7 Å². The SMILES string of the molecule is CC(C)C[C@@H](N)C(=O)OC1CCN(Cl)CC1. The molecule has 0 aromatic heterocycles. The van der Waals surface area contributed by atoms with E-state index >= 15 is 0 Å². The van der Waals surface area contributed by atoms with E-state index in [-0.39, 0.29) is 12.1 Å². The number of rotatable bonds is 4. The Morgan fingerprint density at radius 1 is 1.50 bits per heavy atom. The number of ether oxygens (including phenoxy) is 1. The predicted octanol–water partition coefficient (Wildman–Crippen LogP) is 1.52. The van der Waals surface area contributed by atoms with Gasteiger partial charge in [-0.25, -0.2) is 4.42 Å². The quantitative estimate of drug-likeness (QED) is 0.606. The van der Waals surface area contributed by atoms with Crippen molar-refractivity contribution in [3.05, 3.63) is 0 Å². The summed E-state index contributed by atoms with van der Waals surface area (Å²) in [4.78, 5) is 11.6. The number of piperidine rings is 1. The molecule has 0 bridgehead atoms. The molecular formula is C11H21ClN2O2. The summed E-state index contributed by atoms with van der Waals surface area (Å²) in [5.41, 5.74) is 5.75. The molecule has 4 nitrogen and oxygen atoms in total. The number of carbonyl (C=O) groups excluding carboxylic acids is 1. The number of carbonyl (C=O) groups is 1. The molecule has 0 radical (unpaired) electrons. The summed E-state index contributed by atoms with van der Waals surface area (Å²) >= 11 is 5.82. The van der Waals surface area contributed by atoms with Crippen molar-refractivity contribution in [2.45, 2.75) is 45.3 Å². The number of nitrogens with two attached hydrogens (primary N) is 1. The molecule has 5 heteroatoms. The van der Waals surface area contributed by atoms with E-state index in [0.29, 0.717) is 12.3 Å². The average Bonchev–Trinajstić information content (AvgIpc) is 2.20. The van der Waals surface area contributed by atoms with E-state index in [9.17, 15) is 4.79 Å². The molecule has 0 aliphatic carbocycles. The maximum absolute atomic E-state index is 11.6. The lowest BCUT2D eigenvalue weighted by molar-refractivity contribution is -0.152. The minimum Gasteiger partial charge on any atom is -0.461 e. The highest BCUT2D eigenvalue weighted by molar-refractivity contribution is 6.13. The van der Waals surface area contributed by atoms with Crippen LogP contribution in [0.5, 0.6) is 0 Å². The summed E-state index contributed by atoms with van der Waals surface area (Å²) in [5.74, 6) is 0.133. The second-order valence-electron chi connectivity index (χ2n) is 4.78. The summed E-state index contributed by atoms with van der Waals surface area (Å²) in [6.07, 6.45) is 2.25. The maximum atomic E-state index is 11.6. The molecule has 0 amide bonds. The van der Waals surface area contributed by atoms with Crippen LogP contribution >= 0.6 is 11.8 Å². The standard InChI is InChI=1S/C11H21ClN2O2/c1-8(2)7-10(13)11(15)16-9-3-5-14(12)6-4-9/h8-10H,3-7,13H2,1-2H3/t10-/m1/s1. The van der Waals surface area contributed by atoms with Crippen LogP contribution in [0.25, 0.3) is 0 Å². The summed E-state index contributed by atoms with van der Waals surface area (Å²) in [6.45, 7) is 5.61. The third kappa shape index (κ3) is 4.68. The Kier molecular flexibility index (Phi) is 5.52. The van der Waals surface area contributed by atoms with Crippen LogP contribution < -0.4 is 5.73 Å². The van der Waals surface area contributed by atoms with Crippen LogP contribution in [0.15, 0.2) is 0 Å². The molecule has 2 N–H and O–H groups in total. The van der Waals surface area contributed by atoms with Crippen LogP contribution in [-0.4, -0.2) is 35.6 Å². The molecule has 1 aliphatic heterocycles. The Labute approximate surface area is 102 Å². The Morgan fingerprint density at radius 3 is 2.56 bits per heavy atom. The van der Waals surface area contributed by atoms with Gasteiger partial charge in [0.05, 0.1) is 0 Å². The Morgan fingerprint density at radius 2 is 2.06 bits per heavy atom. The molecule has 0 aromatic carbocycles. The van der Waals surface area contributed by atoms with Crippen LogP contribution in [-0.2, 0) is 9.53 Å². The highest BCUT2D eigenvalue weighted by Crippen LogP contribution is 2.16. The van der Waals surface area contributed by atoms with Gasteiger partial charge in [0.2, 0.25) is 0 Å². The van der Waals surface area contributed by atoms with Gasteiger partial charge in [0.1, 0.15) is 12.1 Å². The van der Waals surface area contributed by atoms with Gasteiger partial charge in [0.25, 0.3) is 0 Å². The third-order valence-electron chi connectivity index (χ3n) is 2.70. The lowest BCUT2D eigenvalue weighted by Crippen LogP contribution is -2.39. The first kappa shape index (κ1) is 13.7. The van der Waals surface area contributed by atoms with Gasteiger partial charge < -0.3 is 10.5 Å². The first-order valence-electron chi connectivity index (χ1n) is 5.86. The molecule has 0 saturated carbocycles. The fraction of sp³-hybridized carbons (Fsp3) is 0.909. The molecule has 1 fully saturated rings. The number of halogens is 1. The Bertz CT molecular complexity index is 228. The van der Waals surface area contributed by atoms with Crippen molar-refractivity contribution in [3.8, 4) is 0 Å². The largest absolute Gasteiger partial charge is 0.461 e. The zero-order valence-corrected chi connectivity index (χ0v) is 10.7. The van der Waals surface area contributed by atoms with Crippen molar-refractivity contribution in [2.75, 3.05) is 13.1 Å². The molecule has 1 saturated heterocycles. The first-order chi connectivity index (χ1) is 7.49. The topological polar surface area (TPSA) is 55.6 Å². The number of hydrogen-bond acceptors (Lipinski definition) is 4. The summed E-state index contributed by atoms with van der Waals surface area (Å²) in [5, 5.41) is 0. The van der Waals surface area contributed by atoms with E-state index in [2.05, 4.69) is 0 Å². The molecular weight excluding hydrogens is 228 g/mol. The predicted molar refractivity (Wildman–Crippen MR) is 64.0 cm³/mol. The zero-order valence-electron chi connectivity index (χ0n) is 9.99. The maximum Gasteiger partial charge on any atom is 0.323 e. The van der Waals surface area contributed by atoms with Crippen LogP contribution in [0.1, 0.15) is 33.1 Å². The van der Waals surface area contributed by atoms with Crippen molar-refractivity contribution in [3.63, 3.8) is 0 Å². The third-order valence-corrected chi connectivity index (χ3v) is 3.04. The first-order valence-corrected chi connectivity index (χ1v) is 6.19. The molecule has 0 unspecified atom stereocenters. The highest BCUT2D eigenvalue weighted by Gasteiger charge is 2.24. The van der Waals surface area contributed by atoms with Gasteiger partial charge in [-0.1, -0.05) is 13.8 Å². The highest BCUT2D eigenvalue weighted by atomic mass is 35.5. The number of esters is 1. The van der Waals surface area contributed by atoms with Gasteiger partial charge in [-0.2, -0.15) is 0 Å². The van der Waals surface area contributed by atoms with E-state index in [4.69, 9.17) is 22.2 Å². The zero-order chi connectivity index (χ0) is 12.1. The van der Waals surface area contributed by atoms with Gasteiger partial charge in [-0.15, -0.1) is 0 Å². The molecule has 0 spiro atoms. The van der Waals surface area contributed by atoms with Crippen molar-refractivity contribution in [1.29, 1.82) is 0 Å². The summed E-state index contributed by atoms with van der Waals surface area (Å²) in [7, 11) is 0. The van der Waals surface area contributed by atoms with E-state index in [1.807, 2.05) is 13.8 Å². The monoisotopic (exact) mass is 248 g/mol. The fourth-order valence-electron chi connectivity index (χ4n) is 1.80. The average molecular weight is 249 g/mol. The second kappa shape index (κ2) is 6.42. The molecule has 1 aliphatic rings. The molecule has 16 heavy (non-hydrogen) atoms. The molecule has 94 valence electrons. The van der Waals surface area contributed by atoms with Gasteiger partial charge in [0.15, 0.2) is 0 Å². The van der Waals surface area contributed by atoms with E-state index < -0.39 is 6.04 Å². The van der Waals surface area contributed by atoms with Crippen LogP contribution in [0.2, 0.25) is 0 Å². The van der Waals surface area contributed by atoms with Gasteiger partial charge in [-0.05, 0) is 37.0 Å². The van der Waals surface area contributed by atoms with Crippen LogP contribution in [0, 0.1) is 5.92 Å². The normalized spacial score (nSPS) is 21.1. The summed E-state index contributed by atoms with van der Waals surface area (Å²) in [6, 6.07) is -0.492. The van der Waals surface area contributed by atoms with Crippen molar-refractivity contribution < 1.29 is 9.53 Å². The van der Waals surface area contributed by atoms with Crippen molar-refractivity contribution >= 4 is 17.7 Å².